The largest absolute Gasteiger partial charge is 0.348 e. The normalized spacial score (nSPS) is 9.00. The molecule has 0 saturated heterocycles. The van der Waals surface area contributed by atoms with Gasteiger partial charge in [-0.2, -0.15) is 0 Å². The second-order valence-electron chi connectivity index (χ2n) is 1.65. The van der Waals surface area contributed by atoms with Crippen molar-refractivity contribution < 1.29 is 9.59 Å². The van der Waals surface area contributed by atoms with E-state index in [1.165, 1.54) is 0 Å². The van der Waals surface area contributed by atoms with E-state index in [0.29, 0.717) is 0 Å². The maximum Gasteiger partial charge on any atom is 0.234 e. The molecule has 5 heteroatoms. The van der Waals surface area contributed by atoms with Gasteiger partial charge >= 0.3 is 0 Å². The average Bonchev–Trinajstić information content (AvgIpc) is 1.99. The van der Waals surface area contributed by atoms with Crippen LogP contribution in [0.2, 0.25) is 0 Å². The minimum atomic E-state index is -0.349. The van der Waals surface area contributed by atoms with Gasteiger partial charge in [0.25, 0.3) is 0 Å². The number of amides is 1. The van der Waals surface area contributed by atoms with Crippen LogP contribution in [0.25, 0.3) is 0 Å². The van der Waals surface area contributed by atoms with Gasteiger partial charge in [-0.3, -0.25) is 9.59 Å². The summed E-state index contributed by atoms with van der Waals surface area (Å²) in [5.41, 5.74) is 4.94. The van der Waals surface area contributed by atoms with Crippen molar-refractivity contribution in [3.05, 3.63) is 0 Å². The fourth-order valence-electron chi connectivity index (χ4n) is 0.317. The number of nitrogens with one attached hydrogen (secondary N) is 1. The number of hydrogen-bond donors (Lipinski definition) is 2. The van der Waals surface area contributed by atoms with Crippen LogP contribution in [0, 0.1) is 0 Å². The molecule has 0 unspecified atom stereocenters. The summed E-state index contributed by atoms with van der Waals surface area (Å²) in [6, 6.07) is 0. The van der Waals surface area contributed by atoms with Gasteiger partial charge in [-0.25, -0.2) is 0 Å². The zero-order valence-electron chi connectivity index (χ0n) is 5.39. The van der Waals surface area contributed by atoms with E-state index in [1.54, 1.807) is 0 Å². The lowest BCUT2D eigenvalue weighted by Gasteiger charge is -1.98. The highest BCUT2D eigenvalue weighted by molar-refractivity contribution is 6.28. The van der Waals surface area contributed by atoms with Gasteiger partial charge in [-0.1, -0.05) is 0 Å². The molecule has 0 rings (SSSR count). The van der Waals surface area contributed by atoms with Crippen molar-refractivity contribution in [1.82, 2.24) is 5.32 Å². The zero-order chi connectivity index (χ0) is 7.98. The van der Waals surface area contributed by atoms with Gasteiger partial charge < -0.3 is 11.1 Å². The van der Waals surface area contributed by atoms with Gasteiger partial charge in [0.05, 0.1) is 19.0 Å². The number of hydrogen-bond acceptors (Lipinski definition) is 3. The number of carbonyl (C=O) groups excluding carboxylic acids is 2. The van der Waals surface area contributed by atoms with Crippen LogP contribution >= 0.6 is 11.6 Å². The van der Waals surface area contributed by atoms with Crippen LogP contribution in [-0.4, -0.2) is 30.7 Å². The highest BCUT2D eigenvalue weighted by atomic mass is 35.5. The molecule has 1 amide bonds. The summed E-state index contributed by atoms with van der Waals surface area (Å²) in [6.07, 6.45) is 0. The summed E-state index contributed by atoms with van der Waals surface area (Å²) in [6.45, 7) is -0.130. The average molecular weight is 165 g/mol. The predicted octanol–water partition coefficient (Wildman–Crippen LogP) is -1.13. The van der Waals surface area contributed by atoms with E-state index < -0.39 is 0 Å². The first kappa shape index (κ1) is 9.39. The number of nitrogens with two attached hydrogens (primary N) is 1. The second kappa shape index (κ2) is 5.20. The molecule has 0 fully saturated rings. The van der Waals surface area contributed by atoms with Crippen molar-refractivity contribution in [2.75, 3.05) is 19.0 Å². The molecule has 0 aromatic heterocycles. The van der Waals surface area contributed by atoms with Crippen molar-refractivity contribution in [2.24, 2.45) is 5.73 Å². The van der Waals surface area contributed by atoms with E-state index in [9.17, 15) is 9.59 Å². The first-order valence-electron chi connectivity index (χ1n) is 2.75. The van der Waals surface area contributed by atoms with Gasteiger partial charge in [0.1, 0.15) is 0 Å². The molecule has 0 spiro atoms. The zero-order valence-corrected chi connectivity index (χ0v) is 6.15. The second-order valence-corrected chi connectivity index (χ2v) is 1.92. The van der Waals surface area contributed by atoms with Crippen molar-refractivity contribution >= 4 is 23.3 Å². The molecule has 0 aliphatic rings. The van der Waals surface area contributed by atoms with Crippen LogP contribution < -0.4 is 11.1 Å². The lowest BCUT2D eigenvalue weighted by Crippen LogP contribution is -2.34. The van der Waals surface area contributed by atoms with Crippen molar-refractivity contribution in [3.8, 4) is 0 Å². The Morgan fingerprint density at radius 2 is 2.10 bits per heavy atom. The van der Waals surface area contributed by atoms with Gasteiger partial charge in [-0.05, 0) is 0 Å². The first-order valence-corrected chi connectivity index (χ1v) is 3.28. The summed E-state index contributed by atoms with van der Waals surface area (Å²) in [7, 11) is 0. The third-order valence-electron chi connectivity index (χ3n) is 0.817. The maximum atomic E-state index is 10.4. The van der Waals surface area contributed by atoms with Crippen LogP contribution in [0.3, 0.4) is 0 Å². The maximum absolute atomic E-state index is 10.4. The molecule has 0 aliphatic carbocycles. The molecule has 0 saturated carbocycles. The Kier molecular flexibility index (Phi) is 4.88. The number of halogens is 1. The Morgan fingerprint density at radius 3 is 2.50 bits per heavy atom. The highest BCUT2D eigenvalue weighted by Gasteiger charge is 2.00. The molecule has 3 N–H and O–H groups in total. The molecule has 58 valence electrons. The Balaban J connectivity index is 3.35. The summed E-state index contributed by atoms with van der Waals surface area (Å²) >= 11 is 5.15. The molecule has 0 bridgehead atoms. The van der Waals surface area contributed by atoms with E-state index in [4.69, 9.17) is 17.3 Å². The summed E-state index contributed by atoms with van der Waals surface area (Å²) in [5, 5.41) is 2.29. The monoisotopic (exact) mass is 164 g/mol. The van der Waals surface area contributed by atoms with Crippen LogP contribution in [0.1, 0.15) is 0 Å². The topological polar surface area (TPSA) is 72.2 Å². The third kappa shape index (κ3) is 4.29. The third-order valence-corrected chi connectivity index (χ3v) is 1.12. The molecule has 0 heterocycles. The predicted molar refractivity (Wildman–Crippen MR) is 37.8 cm³/mol. The van der Waals surface area contributed by atoms with E-state index in [1.807, 2.05) is 0 Å². The Labute approximate surface area is 63.7 Å². The number of rotatable bonds is 4. The lowest BCUT2D eigenvalue weighted by molar-refractivity contribution is -0.123. The first-order chi connectivity index (χ1) is 4.70. The molecular weight excluding hydrogens is 156 g/mol. The van der Waals surface area contributed by atoms with Gasteiger partial charge in [-0.15, -0.1) is 11.6 Å². The smallest absolute Gasteiger partial charge is 0.234 e. The minimum Gasteiger partial charge on any atom is -0.348 e. The number of carbonyl (C=O) groups is 2. The number of alkyl halides is 1. The van der Waals surface area contributed by atoms with Crippen LogP contribution in [-0.2, 0) is 9.59 Å². The Bertz CT molecular complexity index is 122. The van der Waals surface area contributed by atoms with Gasteiger partial charge in [0.2, 0.25) is 5.91 Å². The van der Waals surface area contributed by atoms with E-state index in [2.05, 4.69) is 5.32 Å². The molecule has 0 aromatic carbocycles. The molecule has 10 heavy (non-hydrogen) atoms. The molecule has 0 radical (unpaired) electrons. The van der Waals surface area contributed by atoms with E-state index in [0.717, 1.165) is 0 Å². The van der Waals surface area contributed by atoms with Crippen LogP contribution in [0.4, 0.5) is 0 Å². The summed E-state index contributed by atoms with van der Waals surface area (Å²) in [4.78, 5) is 20.8. The standard InChI is InChI=1S/C5H9ClN2O2/c6-1-4(9)3-8-5(10)2-7/h1-3,7H2,(H,8,10). The quantitative estimate of drug-likeness (QED) is 0.517. The molecular formula is C5H9ClN2O2. The van der Waals surface area contributed by atoms with E-state index in [-0.39, 0.29) is 30.7 Å². The van der Waals surface area contributed by atoms with Crippen molar-refractivity contribution in [3.63, 3.8) is 0 Å². The molecule has 0 atom stereocenters. The molecule has 0 aromatic rings. The van der Waals surface area contributed by atoms with Crippen LogP contribution in [0.5, 0.6) is 0 Å². The molecule has 4 nitrogen and oxygen atoms in total. The summed E-state index contributed by atoms with van der Waals surface area (Å²) in [5.74, 6) is -0.646. The molecule has 0 aliphatic heterocycles. The van der Waals surface area contributed by atoms with Crippen molar-refractivity contribution in [1.29, 1.82) is 0 Å². The van der Waals surface area contributed by atoms with Crippen LogP contribution in [0.15, 0.2) is 0 Å². The Hall–Kier alpha value is -0.610. The lowest BCUT2D eigenvalue weighted by atomic mass is 10.4. The fraction of sp³-hybridized carbons (Fsp3) is 0.600. The summed E-state index contributed by atoms with van der Waals surface area (Å²) < 4.78 is 0. The highest BCUT2D eigenvalue weighted by Crippen LogP contribution is 1.75. The number of Topliss-reactive ketones (excluding diaryl/α,β-unsaturated/α-hetero) is 1. The van der Waals surface area contributed by atoms with Gasteiger partial charge in [0.15, 0.2) is 5.78 Å². The van der Waals surface area contributed by atoms with E-state index >= 15 is 0 Å². The SMILES string of the molecule is NCC(=O)NCC(=O)CCl. The fourth-order valence-corrected chi connectivity index (χ4v) is 0.411. The van der Waals surface area contributed by atoms with Gasteiger partial charge in [0, 0.05) is 0 Å². The number of ketones is 1. The van der Waals surface area contributed by atoms with Crippen molar-refractivity contribution in [2.45, 2.75) is 0 Å². The minimum absolute atomic E-state index is 0.0282. The Morgan fingerprint density at radius 1 is 1.50 bits per heavy atom.